The molecule has 1 aromatic rings. The molecule has 0 spiro atoms. The van der Waals surface area contributed by atoms with E-state index in [9.17, 15) is 14.3 Å². The van der Waals surface area contributed by atoms with Crippen molar-refractivity contribution in [3.8, 4) is 0 Å². The van der Waals surface area contributed by atoms with Crippen LogP contribution in [0, 0.1) is 5.82 Å². The zero-order valence-corrected chi connectivity index (χ0v) is 12.5. The first-order valence-electron chi connectivity index (χ1n) is 6.80. The summed E-state index contributed by atoms with van der Waals surface area (Å²) in [7, 11) is 0. The van der Waals surface area contributed by atoms with E-state index >= 15 is 0 Å². The number of likely N-dealkylation sites (N-methyl/N-ethyl adjacent to an activating group) is 1. The molecule has 0 saturated heterocycles. The number of benzene rings is 1. The van der Waals surface area contributed by atoms with Crippen molar-refractivity contribution in [3.63, 3.8) is 0 Å². The summed E-state index contributed by atoms with van der Waals surface area (Å²) < 4.78 is 13.0. The van der Waals surface area contributed by atoms with Crippen LogP contribution in [0.25, 0.3) is 0 Å². The number of carboxylic acid groups (broad SMARTS) is 1. The number of nitrogens with one attached hydrogen (secondary N) is 1. The molecule has 0 bridgehead atoms. The Kier molecular flexibility index (Phi) is 5.51. The number of carbonyl (C=O) groups is 1. The minimum absolute atomic E-state index is 0.0584. The van der Waals surface area contributed by atoms with Crippen LogP contribution < -0.4 is 10.2 Å². The van der Waals surface area contributed by atoms with E-state index in [0.717, 1.165) is 5.69 Å². The average molecular weight is 282 g/mol. The maximum Gasteiger partial charge on any atom is 0.325 e. The molecule has 0 fully saturated rings. The predicted molar refractivity (Wildman–Crippen MR) is 78.6 cm³/mol. The van der Waals surface area contributed by atoms with E-state index in [0.29, 0.717) is 13.1 Å². The highest BCUT2D eigenvalue weighted by Gasteiger charge is 2.35. The average Bonchev–Trinajstić information content (AvgIpc) is 2.36. The summed E-state index contributed by atoms with van der Waals surface area (Å²) in [4.78, 5) is 13.5. The maximum absolute atomic E-state index is 13.0. The van der Waals surface area contributed by atoms with E-state index in [1.165, 1.54) is 12.1 Å². The second-order valence-corrected chi connectivity index (χ2v) is 5.43. The van der Waals surface area contributed by atoms with E-state index < -0.39 is 11.5 Å². The second kappa shape index (κ2) is 6.70. The Bertz CT molecular complexity index is 448. The molecule has 0 saturated carbocycles. The van der Waals surface area contributed by atoms with Crippen molar-refractivity contribution in [2.75, 3.05) is 18.0 Å². The van der Waals surface area contributed by atoms with E-state index in [1.54, 1.807) is 19.1 Å². The van der Waals surface area contributed by atoms with Gasteiger partial charge in [-0.3, -0.25) is 10.1 Å². The van der Waals surface area contributed by atoms with E-state index in [4.69, 9.17) is 0 Å². The highest BCUT2D eigenvalue weighted by atomic mass is 19.1. The highest BCUT2D eigenvalue weighted by molar-refractivity contribution is 5.79. The van der Waals surface area contributed by atoms with Crippen molar-refractivity contribution in [2.24, 2.45) is 0 Å². The van der Waals surface area contributed by atoms with Crippen LogP contribution in [0.2, 0.25) is 0 Å². The van der Waals surface area contributed by atoms with Gasteiger partial charge in [0.25, 0.3) is 0 Å². The quantitative estimate of drug-likeness (QED) is 0.807. The Morgan fingerprint density at radius 2 is 1.95 bits per heavy atom. The molecule has 2 N–H and O–H groups in total. The zero-order chi connectivity index (χ0) is 15.3. The van der Waals surface area contributed by atoms with Gasteiger partial charge in [-0.25, -0.2) is 4.39 Å². The lowest BCUT2D eigenvalue weighted by atomic mass is 10.00. The van der Waals surface area contributed by atoms with Gasteiger partial charge in [-0.05, 0) is 52.0 Å². The lowest BCUT2D eigenvalue weighted by molar-refractivity contribution is -0.144. The molecule has 4 nitrogen and oxygen atoms in total. The second-order valence-electron chi connectivity index (χ2n) is 5.43. The molecule has 0 aliphatic rings. The largest absolute Gasteiger partial charge is 0.480 e. The summed E-state index contributed by atoms with van der Waals surface area (Å²) in [6.07, 6.45) is 0. The number of hydrogen-bond donors (Lipinski definition) is 2. The molecule has 1 aromatic carbocycles. The van der Waals surface area contributed by atoms with Crippen LogP contribution in [0.1, 0.15) is 27.7 Å². The molecule has 0 radical (unpaired) electrons. The van der Waals surface area contributed by atoms with Crippen LogP contribution in [0.15, 0.2) is 24.3 Å². The van der Waals surface area contributed by atoms with Gasteiger partial charge < -0.3 is 10.0 Å². The Labute approximate surface area is 119 Å². The lowest BCUT2D eigenvalue weighted by Crippen LogP contribution is -2.59. The zero-order valence-electron chi connectivity index (χ0n) is 12.5. The van der Waals surface area contributed by atoms with Crippen molar-refractivity contribution in [1.29, 1.82) is 0 Å². The van der Waals surface area contributed by atoms with E-state index in [-0.39, 0.29) is 11.9 Å². The number of halogens is 1. The number of aliphatic carboxylic acids is 1. The molecule has 0 aliphatic carbocycles. The highest BCUT2D eigenvalue weighted by Crippen LogP contribution is 2.18. The maximum atomic E-state index is 13.0. The molecule has 1 rings (SSSR count). The Hall–Kier alpha value is -1.62. The van der Waals surface area contributed by atoms with Gasteiger partial charge in [0.2, 0.25) is 0 Å². The molecule has 1 unspecified atom stereocenters. The summed E-state index contributed by atoms with van der Waals surface area (Å²) in [5.41, 5.74) is -0.245. The minimum atomic E-state index is -1.06. The fourth-order valence-electron chi connectivity index (χ4n) is 2.23. The van der Waals surface area contributed by atoms with Crippen molar-refractivity contribution < 1.29 is 14.3 Å². The number of anilines is 1. The van der Waals surface area contributed by atoms with Crippen LogP contribution >= 0.6 is 0 Å². The SMILES string of the molecule is CCN(CC(C)(NC(C)C)C(=O)O)c1ccc(F)cc1. The molecule has 0 aromatic heterocycles. The molecule has 20 heavy (non-hydrogen) atoms. The first kappa shape index (κ1) is 16.4. The molecule has 0 heterocycles. The van der Waals surface area contributed by atoms with Crippen LogP contribution in [0.3, 0.4) is 0 Å². The lowest BCUT2D eigenvalue weighted by Gasteiger charge is -2.35. The van der Waals surface area contributed by atoms with Crippen molar-refractivity contribution >= 4 is 11.7 Å². The number of rotatable bonds is 7. The van der Waals surface area contributed by atoms with Crippen LogP contribution in [0.4, 0.5) is 10.1 Å². The molecule has 0 amide bonds. The summed E-state index contributed by atoms with van der Waals surface area (Å²) >= 11 is 0. The van der Waals surface area contributed by atoms with Crippen molar-refractivity contribution in [3.05, 3.63) is 30.1 Å². The third kappa shape index (κ3) is 4.20. The van der Waals surface area contributed by atoms with E-state index in [2.05, 4.69) is 5.32 Å². The third-order valence-electron chi connectivity index (χ3n) is 3.16. The van der Waals surface area contributed by atoms with Gasteiger partial charge in [0.1, 0.15) is 11.4 Å². The smallest absolute Gasteiger partial charge is 0.325 e. The molecule has 112 valence electrons. The predicted octanol–water partition coefficient (Wildman–Crippen LogP) is 2.49. The monoisotopic (exact) mass is 282 g/mol. The fraction of sp³-hybridized carbons (Fsp3) is 0.533. The number of nitrogens with zero attached hydrogens (tertiary/aromatic N) is 1. The standard InChI is InChI=1S/C15H23FN2O2/c1-5-18(13-8-6-12(16)7-9-13)10-15(4,14(19)20)17-11(2)3/h6-9,11,17H,5,10H2,1-4H3,(H,19,20). The Morgan fingerprint density at radius 3 is 2.35 bits per heavy atom. The van der Waals surface area contributed by atoms with Gasteiger partial charge in [0.15, 0.2) is 0 Å². The van der Waals surface area contributed by atoms with Crippen LogP contribution in [-0.2, 0) is 4.79 Å². The Balaban J connectivity index is 2.94. The minimum Gasteiger partial charge on any atom is -0.480 e. The van der Waals surface area contributed by atoms with Gasteiger partial charge in [0, 0.05) is 24.8 Å². The van der Waals surface area contributed by atoms with Crippen LogP contribution in [-0.4, -0.2) is 35.7 Å². The normalized spacial score (nSPS) is 14.1. The molecule has 1 atom stereocenters. The molecular weight excluding hydrogens is 259 g/mol. The first-order valence-corrected chi connectivity index (χ1v) is 6.80. The van der Waals surface area contributed by atoms with Gasteiger partial charge in [-0.2, -0.15) is 0 Å². The third-order valence-corrected chi connectivity index (χ3v) is 3.16. The summed E-state index contributed by atoms with van der Waals surface area (Å²) in [5.74, 6) is -1.20. The van der Waals surface area contributed by atoms with E-state index in [1.807, 2.05) is 25.7 Å². The summed E-state index contributed by atoms with van der Waals surface area (Å²) in [6.45, 7) is 8.39. The first-order chi connectivity index (χ1) is 9.28. The topological polar surface area (TPSA) is 52.6 Å². The fourth-order valence-corrected chi connectivity index (χ4v) is 2.23. The van der Waals surface area contributed by atoms with Gasteiger partial charge in [-0.15, -0.1) is 0 Å². The van der Waals surface area contributed by atoms with Gasteiger partial charge >= 0.3 is 5.97 Å². The van der Waals surface area contributed by atoms with Gasteiger partial charge in [0.05, 0.1) is 0 Å². The summed E-state index contributed by atoms with van der Waals surface area (Å²) in [5, 5.41) is 12.6. The van der Waals surface area contributed by atoms with Crippen LogP contribution in [0.5, 0.6) is 0 Å². The molecule has 0 aliphatic heterocycles. The molecule has 5 heteroatoms. The molecular formula is C15H23FN2O2. The number of hydrogen-bond acceptors (Lipinski definition) is 3. The Morgan fingerprint density at radius 1 is 1.40 bits per heavy atom. The summed E-state index contributed by atoms with van der Waals surface area (Å²) in [6, 6.07) is 6.15. The number of carboxylic acids is 1. The van der Waals surface area contributed by atoms with Crippen molar-refractivity contribution in [2.45, 2.75) is 39.3 Å². The van der Waals surface area contributed by atoms with Gasteiger partial charge in [-0.1, -0.05) is 0 Å². The van der Waals surface area contributed by atoms with Crippen molar-refractivity contribution in [1.82, 2.24) is 5.32 Å².